The second-order valence-electron chi connectivity index (χ2n) is 5.19. The summed E-state index contributed by atoms with van der Waals surface area (Å²) in [4.78, 5) is 0. The molecule has 0 aromatic heterocycles. The Morgan fingerprint density at radius 2 is 1.28 bits per heavy atom. The van der Waals surface area contributed by atoms with Crippen molar-refractivity contribution in [3.05, 3.63) is 12.7 Å². The van der Waals surface area contributed by atoms with E-state index in [9.17, 15) is 0 Å². The molecular weight excluding hydrogens is 218 g/mol. The van der Waals surface area contributed by atoms with Crippen LogP contribution in [-0.2, 0) is 0 Å². The lowest BCUT2D eigenvalue weighted by atomic mass is 9.96. The van der Waals surface area contributed by atoms with Crippen molar-refractivity contribution >= 4 is 0 Å². The van der Waals surface area contributed by atoms with Gasteiger partial charge >= 0.3 is 0 Å². The highest BCUT2D eigenvalue weighted by Crippen LogP contribution is 2.16. The standard InChI is InChI=1S/C7H15N.C6H12.2C2H6/c1-8-7-5-3-2-4-6-7;1-5-6(2,3)4;2*1-2/h7-8H,2-6H2,1H3;5H,1H2,2-4H3;2*1-2H3. The first kappa shape index (κ1) is 22.8. The molecule has 112 valence electrons. The average Bonchev–Trinajstić information content (AvgIpc) is 2.44. The summed E-state index contributed by atoms with van der Waals surface area (Å²) >= 11 is 0. The highest BCUT2D eigenvalue weighted by molar-refractivity contribution is 4.82. The van der Waals surface area contributed by atoms with Gasteiger partial charge in [0.1, 0.15) is 0 Å². The molecule has 1 rings (SSSR count). The summed E-state index contributed by atoms with van der Waals surface area (Å²) in [5.41, 5.74) is 0.306. The van der Waals surface area contributed by atoms with E-state index < -0.39 is 0 Å². The Kier molecular flexibility index (Phi) is 21.2. The molecule has 1 saturated carbocycles. The summed E-state index contributed by atoms with van der Waals surface area (Å²) in [6, 6.07) is 0.837. The van der Waals surface area contributed by atoms with E-state index in [4.69, 9.17) is 0 Å². The normalized spacial score (nSPS) is 14.9. The number of rotatable bonds is 1. The molecule has 0 saturated heterocycles. The van der Waals surface area contributed by atoms with Crippen molar-refractivity contribution in [3.8, 4) is 0 Å². The number of hydrogen-bond donors (Lipinski definition) is 1. The van der Waals surface area contributed by atoms with E-state index in [1.807, 2.05) is 33.8 Å². The molecule has 0 amide bonds. The monoisotopic (exact) mass is 257 g/mol. The van der Waals surface area contributed by atoms with Gasteiger partial charge in [0.15, 0.2) is 0 Å². The molecule has 0 aromatic rings. The fraction of sp³-hybridized carbons (Fsp3) is 0.882. The molecule has 1 nitrogen and oxygen atoms in total. The van der Waals surface area contributed by atoms with Crippen LogP contribution in [0.3, 0.4) is 0 Å². The lowest BCUT2D eigenvalue weighted by Gasteiger charge is -2.20. The van der Waals surface area contributed by atoms with Gasteiger partial charge in [-0.15, -0.1) is 6.58 Å². The molecule has 0 aliphatic heterocycles. The summed E-state index contributed by atoms with van der Waals surface area (Å²) in [5.74, 6) is 0. The van der Waals surface area contributed by atoms with Gasteiger partial charge in [-0.1, -0.05) is 73.8 Å². The number of allylic oxidation sites excluding steroid dienone is 1. The summed E-state index contributed by atoms with van der Waals surface area (Å²) in [5, 5.41) is 3.30. The minimum atomic E-state index is 0.306. The molecule has 1 aliphatic rings. The lowest BCUT2D eigenvalue weighted by molar-refractivity contribution is 0.394. The Morgan fingerprint density at radius 1 is 0.944 bits per heavy atom. The molecule has 0 atom stereocenters. The summed E-state index contributed by atoms with van der Waals surface area (Å²) in [6.45, 7) is 18.0. The summed E-state index contributed by atoms with van der Waals surface area (Å²) in [6.07, 6.45) is 9.06. The van der Waals surface area contributed by atoms with Crippen LogP contribution in [0.1, 0.15) is 80.6 Å². The highest BCUT2D eigenvalue weighted by atomic mass is 14.9. The van der Waals surface area contributed by atoms with Gasteiger partial charge in [-0.05, 0) is 25.3 Å². The van der Waals surface area contributed by atoms with E-state index in [0.29, 0.717) is 5.41 Å². The largest absolute Gasteiger partial charge is 0.317 e. The van der Waals surface area contributed by atoms with Crippen molar-refractivity contribution in [2.75, 3.05) is 7.05 Å². The van der Waals surface area contributed by atoms with Gasteiger partial charge in [-0.2, -0.15) is 0 Å². The van der Waals surface area contributed by atoms with E-state index in [1.165, 1.54) is 32.1 Å². The third-order valence-corrected chi connectivity index (χ3v) is 2.63. The number of nitrogens with one attached hydrogen (secondary N) is 1. The zero-order chi connectivity index (χ0) is 15.0. The topological polar surface area (TPSA) is 12.0 Å². The molecule has 0 radical (unpaired) electrons. The molecule has 0 unspecified atom stereocenters. The Morgan fingerprint density at radius 3 is 1.44 bits per heavy atom. The van der Waals surface area contributed by atoms with E-state index in [-0.39, 0.29) is 0 Å². The zero-order valence-corrected chi connectivity index (χ0v) is 14.4. The van der Waals surface area contributed by atoms with Gasteiger partial charge in [0, 0.05) is 6.04 Å². The van der Waals surface area contributed by atoms with Crippen molar-refractivity contribution in [1.82, 2.24) is 5.32 Å². The molecule has 0 aromatic carbocycles. The van der Waals surface area contributed by atoms with Gasteiger partial charge in [-0.3, -0.25) is 0 Å². The van der Waals surface area contributed by atoms with Crippen LogP contribution in [0, 0.1) is 5.41 Å². The Labute approximate surface area is 117 Å². The average molecular weight is 258 g/mol. The number of hydrogen-bond acceptors (Lipinski definition) is 1. The summed E-state index contributed by atoms with van der Waals surface area (Å²) in [7, 11) is 2.07. The lowest BCUT2D eigenvalue weighted by Crippen LogP contribution is -2.26. The molecular formula is C17H39N. The SMILES string of the molecule is C=CC(C)(C)C.CC.CC.CNC1CCCCC1. The third kappa shape index (κ3) is 21.0. The quantitative estimate of drug-likeness (QED) is 0.585. The molecule has 1 aliphatic carbocycles. The van der Waals surface area contributed by atoms with E-state index in [2.05, 4.69) is 39.7 Å². The van der Waals surface area contributed by atoms with Gasteiger partial charge in [-0.25, -0.2) is 0 Å². The van der Waals surface area contributed by atoms with Crippen LogP contribution < -0.4 is 5.32 Å². The van der Waals surface area contributed by atoms with Crippen LogP contribution in [0.25, 0.3) is 0 Å². The maximum absolute atomic E-state index is 3.63. The maximum Gasteiger partial charge on any atom is 0.00640 e. The Bertz CT molecular complexity index is 138. The fourth-order valence-corrected chi connectivity index (χ4v) is 1.39. The van der Waals surface area contributed by atoms with Crippen LogP contribution in [0.5, 0.6) is 0 Å². The van der Waals surface area contributed by atoms with Crippen LogP contribution >= 0.6 is 0 Å². The van der Waals surface area contributed by atoms with Crippen molar-refractivity contribution < 1.29 is 0 Å². The smallest absolute Gasteiger partial charge is 0.00640 e. The molecule has 1 heteroatoms. The molecule has 1 N–H and O–H groups in total. The predicted octanol–water partition coefficient (Wildman–Crippen LogP) is 5.81. The first-order valence-corrected chi connectivity index (χ1v) is 7.80. The molecule has 0 bridgehead atoms. The van der Waals surface area contributed by atoms with Crippen LogP contribution in [0.15, 0.2) is 12.7 Å². The zero-order valence-electron chi connectivity index (χ0n) is 14.4. The molecule has 18 heavy (non-hydrogen) atoms. The van der Waals surface area contributed by atoms with E-state index in [1.54, 1.807) is 0 Å². The maximum atomic E-state index is 3.63. The summed E-state index contributed by atoms with van der Waals surface area (Å²) < 4.78 is 0. The third-order valence-electron chi connectivity index (χ3n) is 2.63. The van der Waals surface area contributed by atoms with Crippen molar-refractivity contribution in [2.24, 2.45) is 5.41 Å². The second-order valence-corrected chi connectivity index (χ2v) is 5.19. The van der Waals surface area contributed by atoms with Crippen LogP contribution in [0.4, 0.5) is 0 Å². The van der Waals surface area contributed by atoms with Gasteiger partial charge in [0.05, 0.1) is 0 Å². The molecule has 1 fully saturated rings. The molecule has 0 heterocycles. The second kappa shape index (κ2) is 16.7. The van der Waals surface area contributed by atoms with Gasteiger partial charge in [0.25, 0.3) is 0 Å². The highest BCUT2D eigenvalue weighted by Gasteiger charge is 2.09. The predicted molar refractivity (Wildman–Crippen MR) is 88.3 cm³/mol. The van der Waals surface area contributed by atoms with Gasteiger partial charge < -0.3 is 5.32 Å². The van der Waals surface area contributed by atoms with Crippen molar-refractivity contribution in [3.63, 3.8) is 0 Å². The van der Waals surface area contributed by atoms with Crippen LogP contribution in [-0.4, -0.2) is 13.1 Å². The Hall–Kier alpha value is -0.300. The first-order valence-electron chi connectivity index (χ1n) is 7.80. The Balaban J connectivity index is -0.000000201. The minimum absolute atomic E-state index is 0.306. The fourth-order valence-electron chi connectivity index (χ4n) is 1.39. The molecule has 0 spiro atoms. The first-order chi connectivity index (χ1) is 8.49. The minimum Gasteiger partial charge on any atom is -0.317 e. The van der Waals surface area contributed by atoms with Crippen LogP contribution in [0.2, 0.25) is 0 Å². The van der Waals surface area contributed by atoms with Gasteiger partial charge in [0.2, 0.25) is 0 Å². The van der Waals surface area contributed by atoms with Crippen molar-refractivity contribution in [1.29, 1.82) is 0 Å². The van der Waals surface area contributed by atoms with E-state index in [0.717, 1.165) is 6.04 Å². The van der Waals surface area contributed by atoms with E-state index >= 15 is 0 Å². The van der Waals surface area contributed by atoms with Crippen molar-refractivity contribution in [2.45, 2.75) is 86.6 Å².